The molecule has 0 aliphatic carbocycles. The number of nitrogens with one attached hydrogen (secondary N) is 1. The lowest BCUT2D eigenvalue weighted by molar-refractivity contribution is -0.115. The summed E-state index contributed by atoms with van der Waals surface area (Å²) < 4.78 is 8.58. The van der Waals surface area contributed by atoms with Crippen LogP contribution in [0.2, 0.25) is 0 Å². The molecule has 1 N–H and O–H groups in total. The molecule has 0 radical (unpaired) electrons. The third kappa shape index (κ3) is 5.20. The van der Waals surface area contributed by atoms with E-state index < -0.39 is 0 Å². The Kier molecular flexibility index (Phi) is 6.34. The van der Waals surface area contributed by atoms with Crippen molar-refractivity contribution in [3.63, 3.8) is 0 Å². The van der Waals surface area contributed by atoms with Crippen molar-refractivity contribution >= 4 is 60.8 Å². The molecule has 130 valence electrons. The van der Waals surface area contributed by atoms with Gasteiger partial charge in [0.15, 0.2) is 4.34 Å². The zero-order valence-corrected chi connectivity index (χ0v) is 16.8. The number of halogens is 1. The van der Waals surface area contributed by atoms with Crippen LogP contribution in [-0.2, 0) is 4.79 Å². The average molecular weight is 437 g/mol. The number of ether oxygens (including phenoxy) is 1. The fourth-order valence-corrected chi connectivity index (χ4v) is 4.56. The van der Waals surface area contributed by atoms with Gasteiger partial charge < -0.3 is 10.1 Å². The number of amides is 1. The number of nitrogens with zero attached hydrogens (tertiary/aromatic N) is 1. The molecular formula is C18H17BrN2O2S2. The standard InChI is InChI=1S/C18H17BrN2O2S2/c1-2-23-14-7-8-15-16(11-14)25-18(21-15)24-10-9-17(22)20-13-5-3-12(19)4-6-13/h3-8,11H,2,9-10H2,1H3,(H,20,22). The molecule has 1 heterocycles. The molecule has 1 amide bonds. The first-order chi connectivity index (χ1) is 12.1. The monoisotopic (exact) mass is 436 g/mol. The van der Waals surface area contributed by atoms with Crippen molar-refractivity contribution in [2.75, 3.05) is 17.7 Å². The molecule has 4 nitrogen and oxygen atoms in total. The fraction of sp³-hybridized carbons (Fsp3) is 0.222. The van der Waals surface area contributed by atoms with Crippen LogP contribution in [-0.4, -0.2) is 23.3 Å². The summed E-state index contributed by atoms with van der Waals surface area (Å²) in [6.07, 6.45) is 0.445. The lowest BCUT2D eigenvalue weighted by Crippen LogP contribution is -2.11. The molecule has 0 saturated heterocycles. The summed E-state index contributed by atoms with van der Waals surface area (Å²) in [5.41, 5.74) is 1.77. The smallest absolute Gasteiger partial charge is 0.225 e. The molecule has 0 aliphatic rings. The lowest BCUT2D eigenvalue weighted by Gasteiger charge is -2.04. The van der Waals surface area contributed by atoms with Gasteiger partial charge in [0.1, 0.15) is 5.75 Å². The van der Waals surface area contributed by atoms with Crippen LogP contribution in [0, 0.1) is 0 Å². The number of anilines is 1. The number of aromatic nitrogens is 1. The normalized spacial score (nSPS) is 10.8. The predicted molar refractivity (Wildman–Crippen MR) is 109 cm³/mol. The first-order valence-corrected chi connectivity index (χ1v) is 10.4. The number of hydrogen-bond donors (Lipinski definition) is 1. The minimum atomic E-state index is 0.00886. The van der Waals surface area contributed by atoms with Crippen molar-refractivity contribution in [3.8, 4) is 5.75 Å². The Bertz CT molecular complexity index is 865. The van der Waals surface area contributed by atoms with Gasteiger partial charge in [0, 0.05) is 22.3 Å². The van der Waals surface area contributed by atoms with E-state index in [-0.39, 0.29) is 5.91 Å². The van der Waals surface area contributed by atoms with Gasteiger partial charge in [-0.05, 0) is 49.4 Å². The second kappa shape index (κ2) is 8.69. The quantitative estimate of drug-likeness (QED) is 0.491. The maximum absolute atomic E-state index is 12.0. The number of carbonyl (C=O) groups is 1. The van der Waals surface area contributed by atoms with Gasteiger partial charge in [-0.25, -0.2) is 4.98 Å². The third-order valence-corrected chi connectivity index (χ3v) is 6.03. The van der Waals surface area contributed by atoms with Crippen LogP contribution in [0.5, 0.6) is 5.75 Å². The average Bonchev–Trinajstić information content (AvgIpc) is 2.99. The van der Waals surface area contributed by atoms with E-state index in [4.69, 9.17) is 4.74 Å². The van der Waals surface area contributed by atoms with E-state index in [0.717, 1.165) is 30.5 Å². The maximum atomic E-state index is 12.0. The molecule has 0 spiro atoms. The second-order valence-corrected chi connectivity index (χ2v) is 8.48. The molecule has 3 rings (SSSR count). The van der Waals surface area contributed by atoms with Gasteiger partial charge in [0.2, 0.25) is 5.91 Å². The molecule has 25 heavy (non-hydrogen) atoms. The molecule has 0 atom stereocenters. The van der Waals surface area contributed by atoms with Crippen molar-refractivity contribution in [1.29, 1.82) is 0 Å². The highest BCUT2D eigenvalue weighted by molar-refractivity contribution is 9.10. The van der Waals surface area contributed by atoms with Gasteiger partial charge in [-0.3, -0.25) is 4.79 Å². The van der Waals surface area contributed by atoms with Gasteiger partial charge in [0.25, 0.3) is 0 Å². The van der Waals surface area contributed by atoms with E-state index in [1.807, 2.05) is 49.4 Å². The number of fused-ring (bicyclic) bond motifs is 1. The molecule has 0 bridgehead atoms. The maximum Gasteiger partial charge on any atom is 0.225 e. The van der Waals surface area contributed by atoms with E-state index in [2.05, 4.69) is 26.2 Å². The van der Waals surface area contributed by atoms with Crippen LogP contribution >= 0.6 is 39.0 Å². The van der Waals surface area contributed by atoms with Crippen molar-refractivity contribution in [2.45, 2.75) is 17.7 Å². The molecule has 0 fully saturated rings. The summed E-state index contributed by atoms with van der Waals surface area (Å²) in [5.74, 6) is 1.57. The number of benzene rings is 2. The van der Waals surface area contributed by atoms with Gasteiger partial charge >= 0.3 is 0 Å². The molecule has 2 aromatic carbocycles. The highest BCUT2D eigenvalue weighted by Crippen LogP contribution is 2.32. The van der Waals surface area contributed by atoms with Crippen molar-refractivity contribution in [2.24, 2.45) is 0 Å². The van der Waals surface area contributed by atoms with E-state index in [1.54, 1.807) is 23.1 Å². The van der Waals surface area contributed by atoms with Gasteiger partial charge in [0.05, 0.1) is 16.8 Å². The SMILES string of the molecule is CCOc1ccc2nc(SCCC(=O)Nc3ccc(Br)cc3)sc2c1. The molecule has 0 saturated carbocycles. The Hall–Kier alpha value is -1.57. The zero-order valence-electron chi connectivity index (χ0n) is 13.6. The highest BCUT2D eigenvalue weighted by atomic mass is 79.9. The van der Waals surface area contributed by atoms with E-state index >= 15 is 0 Å². The molecule has 1 aromatic heterocycles. The van der Waals surface area contributed by atoms with Crippen LogP contribution in [0.15, 0.2) is 51.3 Å². The zero-order chi connectivity index (χ0) is 17.6. The Morgan fingerprint density at radius 3 is 2.84 bits per heavy atom. The van der Waals surface area contributed by atoms with Gasteiger partial charge in [-0.1, -0.05) is 27.7 Å². The fourth-order valence-electron chi connectivity index (χ4n) is 2.19. The second-order valence-electron chi connectivity index (χ2n) is 5.20. The number of thiazole rings is 1. The Balaban J connectivity index is 1.52. The molecule has 0 aliphatic heterocycles. The Morgan fingerprint density at radius 2 is 2.08 bits per heavy atom. The third-order valence-electron chi connectivity index (χ3n) is 3.33. The Morgan fingerprint density at radius 1 is 1.28 bits per heavy atom. The first kappa shape index (κ1) is 18.2. The highest BCUT2D eigenvalue weighted by Gasteiger charge is 2.08. The summed E-state index contributed by atoms with van der Waals surface area (Å²) in [6, 6.07) is 13.5. The van der Waals surface area contributed by atoms with Crippen LogP contribution in [0.3, 0.4) is 0 Å². The summed E-state index contributed by atoms with van der Waals surface area (Å²) in [5, 5.41) is 2.90. The van der Waals surface area contributed by atoms with Crippen molar-refractivity contribution in [1.82, 2.24) is 4.98 Å². The topological polar surface area (TPSA) is 51.2 Å². The summed E-state index contributed by atoms with van der Waals surface area (Å²) in [6.45, 7) is 2.62. The summed E-state index contributed by atoms with van der Waals surface area (Å²) in [4.78, 5) is 16.6. The largest absolute Gasteiger partial charge is 0.494 e. The first-order valence-electron chi connectivity index (χ1n) is 7.85. The van der Waals surface area contributed by atoms with Crippen LogP contribution in [0.25, 0.3) is 10.2 Å². The molecular weight excluding hydrogens is 420 g/mol. The van der Waals surface area contributed by atoms with E-state index in [1.165, 1.54) is 0 Å². The number of rotatable bonds is 7. The van der Waals surface area contributed by atoms with Gasteiger partial charge in [-0.2, -0.15) is 0 Å². The van der Waals surface area contributed by atoms with Crippen LogP contribution in [0.4, 0.5) is 5.69 Å². The molecule has 0 unspecified atom stereocenters. The number of hydrogen-bond acceptors (Lipinski definition) is 5. The van der Waals surface area contributed by atoms with Crippen LogP contribution in [0.1, 0.15) is 13.3 Å². The molecule has 7 heteroatoms. The molecule has 3 aromatic rings. The van der Waals surface area contributed by atoms with Crippen molar-refractivity contribution in [3.05, 3.63) is 46.9 Å². The Labute approximate surface area is 163 Å². The summed E-state index contributed by atoms with van der Waals surface area (Å²) in [7, 11) is 0. The predicted octanol–water partition coefficient (Wildman–Crippen LogP) is 5.58. The van der Waals surface area contributed by atoms with Gasteiger partial charge in [-0.15, -0.1) is 11.3 Å². The van der Waals surface area contributed by atoms with Crippen LogP contribution < -0.4 is 10.1 Å². The number of carbonyl (C=O) groups excluding carboxylic acids is 1. The number of thioether (sulfide) groups is 1. The van der Waals surface area contributed by atoms with E-state index in [0.29, 0.717) is 18.8 Å². The minimum absolute atomic E-state index is 0.00886. The lowest BCUT2D eigenvalue weighted by atomic mass is 10.3. The van der Waals surface area contributed by atoms with E-state index in [9.17, 15) is 4.79 Å². The minimum Gasteiger partial charge on any atom is -0.494 e. The summed E-state index contributed by atoms with van der Waals surface area (Å²) >= 11 is 6.61. The van der Waals surface area contributed by atoms with Crippen molar-refractivity contribution < 1.29 is 9.53 Å².